The summed E-state index contributed by atoms with van der Waals surface area (Å²) in [6.45, 7) is 0.731. The van der Waals surface area contributed by atoms with Gasteiger partial charge in [0.2, 0.25) is 0 Å². The van der Waals surface area contributed by atoms with Gasteiger partial charge in [0, 0.05) is 45.1 Å². The van der Waals surface area contributed by atoms with Crippen molar-refractivity contribution in [3.05, 3.63) is 60.4 Å². The van der Waals surface area contributed by atoms with Gasteiger partial charge in [-0.2, -0.15) is 0 Å². The zero-order valence-corrected chi connectivity index (χ0v) is 13.2. The minimum Gasteiger partial charge on any atom is -0.493 e. The minimum atomic E-state index is 0.731. The number of benzene rings is 1. The summed E-state index contributed by atoms with van der Waals surface area (Å²) < 4.78 is 5.87. The lowest BCUT2D eigenvalue weighted by Crippen LogP contribution is -1.97. The Hall–Kier alpha value is -2.59. The summed E-state index contributed by atoms with van der Waals surface area (Å²) in [5.41, 5.74) is 4.68. The van der Waals surface area contributed by atoms with E-state index in [4.69, 9.17) is 4.74 Å². The van der Waals surface area contributed by atoms with Crippen molar-refractivity contribution in [1.82, 2.24) is 9.97 Å². The van der Waals surface area contributed by atoms with Gasteiger partial charge in [0.25, 0.3) is 0 Å². The normalized spacial score (nSPS) is 13.2. The Bertz CT molecular complexity index is 1020. The molecule has 0 unspecified atom stereocenters. The van der Waals surface area contributed by atoms with Crippen LogP contribution in [0.4, 0.5) is 0 Å². The fourth-order valence-corrected chi connectivity index (χ4v) is 4.33. The Kier molecular flexibility index (Phi) is 2.78. The van der Waals surface area contributed by atoms with Crippen molar-refractivity contribution in [3.8, 4) is 26.6 Å². The molecule has 0 saturated carbocycles. The van der Waals surface area contributed by atoms with Gasteiger partial charge in [-0.05, 0) is 35.9 Å². The van der Waals surface area contributed by atoms with E-state index in [2.05, 4.69) is 46.4 Å². The van der Waals surface area contributed by atoms with Crippen LogP contribution in [0.5, 0.6) is 5.75 Å². The number of para-hydroxylation sites is 1. The van der Waals surface area contributed by atoms with Gasteiger partial charge in [0.05, 0.1) is 6.61 Å². The minimum absolute atomic E-state index is 0.731. The van der Waals surface area contributed by atoms with Crippen LogP contribution in [0, 0.1) is 0 Å². The molecule has 4 heteroatoms. The van der Waals surface area contributed by atoms with Gasteiger partial charge in [-0.1, -0.05) is 12.1 Å². The fourth-order valence-electron chi connectivity index (χ4n) is 3.11. The van der Waals surface area contributed by atoms with Crippen molar-refractivity contribution >= 4 is 22.4 Å². The third-order valence-electron chi connectivity index (χ3n) is 4.25. The number of H-pyrrole nitrogens is 1. The molecule has 112 valence electrons. The van der Waals surface area contributed by atoms with E-state index in [1.54, 1.807) is 0 Å². The molecule has 0 saturated heterocycles. The highest BCUT2D eigenvalue weighted by atomic mass is 32.1. The van der Waals surface area contributed by atoms with Crippen molar-refractivity contribution in [2.75, 3.05) is 6.61 Å². The van der Waals surface area contributed by atoms with Crippen LogP contribution in [0.15, 0.2) is 54.9 Å². The number of hydrogen-bond donors (Lipinski definition) is 1. The molecule has 0 amide bonds. The topological polar surface area (TPSA) is 37.9 Å². The summed E-state index contributed by atoms with van der Waals surface area (Å²) >= 11 is 1.83. The van der Waals surface area contributed by atoms with Gasteiger partial charge in [-0.3, -0.25) is 0 Å². The van der Waals surface area contributed by atoms with Gasteiger partial charge in [0.1, 0.15) is 11.4 Å². The molecule has 1 N–H and O–H groups in total. The second-order valence-corrected chi connectivity index (χ2v) is 6.75. The standard InChI is InChI=1S/C19H14N2OS/c1-2-4-16-15(3-1)18-12(6-8-22-16)10-17(23-18)14-9-13-5-7-20-19(13)21-11-14/h1-5,7,9-11H,6,8H2,(H,20,21). The van der Waals surface area contributed by atoms with Crippen molar-refractivity contribution in [3.63, 3.8) is 0 Å². The first kappa shape index (κ1) is 12.9. The van der Waals surface area contributed by atoms with Gasteiger partial charge >= 0.3 is 0 Å². The quantitative estimate of drug-likeness (QED) is 0.542. The number of rotatable bonds is 1. The fraction of sp³-hybridized carbons (Fsp3) is 0.105. The predicted molar refractivity (Wildman–Crippen MR) is 94.0 cm³/mol. The monoisotopic (exact) mass is 318 g/mol. The van der Waals surface area contributed by atoms with Gasteiger partial charge < -0.3 is 9.72 Å². The van der Waals surface area contributed by atoms with E-state index in [0.29, 0.717) is 0 Å². The van der Waals surface area contributed by atoms with Crippen LogP contribution in [-0.2, 0) is 6.42 Å². The molecule has 1 aliphatic heterocycles. The van der Waals surface area contributed by atoms with Crippen LogP contribution in [0.1, 0.15) is 5.56 Å². The molecule has 4 aromatic rings. The molecule has 0 spiro atoms. The number of thiophene rings is 1. The van der Waals surface area contributed by atoms with E-state index >= 15 is 0 Å². The number of nitrogens with zero attached hydrogens (tertiary/aromatic N) is 1. The highest BCUT2D eigenvalue weighted by molar-refractivity contribution is 7.19. The predicted octanol–water partition coefficient (Wildman–Crippen LogP) is 4.89. The van der Waals surface area contributed by atoms with Crippen molar-refractivity contribution in [1.29, 1.82) is 0 Å². The molecule has 0 bridgehead atoms. The van der Waals surface area contributed by atoms with E-state index in [1.165, 1.54) is 26.4 Å². The zero-order valence-electron chi connectivity index (χ0n) is 12.4. The van der Waals surface area contributed by atoms with E-state index in [-0.39, 0.29) is 0 Å². The molecule has 0 fully saturated rings. The summed E-state index contributed by atoms with van der Waals surface area (Å²) in [4.78, 5) is 10.2. The maximum Gasteiger partial charge on any atom is 0.137 e. The molecule has 3 aromatic heterocycles. The van der Waals surface area contributed by atoms with Crippen molar-refractivity contribution < 1.29 is 4.74 Å². The van der Waals surface area contributed by atoms with Crippen molar-refractivity contribution in [2.24, 2.45) is 0 Å². The number of aromatic nitrogens is 2. The molecule has 0 radical (unpaired) electrons. The largest absolute Gasteiger partial charge is 0.493 e. The maximum absolute atomic E-state index is 5.87. The molecular weight excluding hydrogens is 304 g/mol. The Labute approximate surface area is 137 Å². The second kappa shape index (κ2) is 4.96. The molecule has 1 aromatic carbocycles. The highest BCUT2D eigenvalue weighted by Gasteiger charge is 2.19. The smallest absolute Gasteiger partial charge is 0.137 e. The molecule has 4 heterocycles. The van der Waals surface area contributed by atoms with E-state index < -0.39 is 0 Å². The Morgan fingerprint density at radius 1 is 1.13 bits per heavy atom. The SMILES string of the molecule is c1ccc2c(c1)OCCc1cc(-c3cnc4[nH]ccc4c3)sc1-2. The van der Waals surface area contributed by atoms with Gasteiger partial charge in [0.15, 0.2) is 0 Å². The van der Waals surface area contributed by atoms with Crippen LogP contribution in [-0.4, -0.2) is 16.6 Å². The third kappa shape index (κ3) is 2.06. The lowest BCUT2D eigenvalue weighted by atomic mass is 10.1. The maximum atomic E-state index is 5.87. The highest BCUT2D eigenvalue weighted by Crippen LogP contribution is 2.43. The van der Waals surface area contributed by atoms with Crippen LogP contribution in [0.3, 0.4) is 0 Å². The number of pyridine rings is 1. The van der Waals surface area contributed by atoms with E-state index in [9.17, 15) is 0 Å². The first-order valence-corrected chi connectivity index (χ1v) is 8.48. The molecule has 0 aliphatic carbocycles. The lowest BCUT2D eigenvalue weighted by molar-refractivity contribution is 0.326. The third-order valence-corrected chi connectivity index (χ3v) is 5.51. The van der Waals surface area contributed by atoms with Gasteiger partial charge in [-0.15, -0.1) is 11.3 Å². The second-order valence-electron chi connectivity index (χ2n) is 5.70. The number of nitrogens with one attached hydrogen (secondary N) is 1. The van der Waals surface area contributed by atoms with E-state index in [0.717, 1.165) is 29.8 Å². The number of fused-ring (bicyclic) bond motifs is 4. The zero-order chi connectivity index (χ0) is 15.2. The van der Waals surface area contributed by atoms with Crippen LogP contribution >= 0.6 is 11.3 Å². The summed E-state index contributed by atoms with van der Waals surface area (Å²) in [5.74, 6) is 0.985. The number of aromatic amines is 1. The summed E-state index contributed by atoms with van der Waals surface area (Å²) in [6, 6.07) is 14.9. The Morgan fingerprint density at radius 3 is 3.09 bits per heavy atom. The molecular formula is C19H14N2OS. The van der Waals surface area contributed by atoms with Gasteiger partial charge in [-0.25, -0.2) is 4.98 Å². The first-order chi connectivity index (χ1) is 11.4. The molecule has 23 heavy (non-hydrogen) atoms. The molecule has 5 rings (SSSR count). The summed E-state index contributed by atoms with van der Waals surface area (Å²) in [7, 11) is 0. The van der Waals surface area contributed by atoms with Crippen LogP contribution in [0.2, 0.25) is 0 Å². The van der Waals surface area contributed by atoms with Crippen LogP contribution in [0.25, 0.3) is 31.9 Å². The Balaban J connectivity index is 1.68. The average Bonchev–Trinajstić information content (AvgIpc) is 3.18. The van der Waals surface area contributed by atoms with Crippen LogP contribution < -0.4 is 4.74 Å². The molecule has 3 nitrogen and oxygen atoms in total. The number of ether oxygens (including phenoxy) is 1. The first-order valence-electron chi connectivity index (χ1n) is 7.67. The number of hydrogen-bond acceptors (Lipinski definition) is 3. The van der Waals surface area contributed by atoms with E-state index in [1.807, 2.05) is 29.8 Å². The lowest BCUT2D eigenvalue weighted by Gasteiger charge is -2.05. The van der Waals surface area contributed by atoms with Crippen molar-refractivity contribution in [2.45, 2.75) is 6.42 Å². The summed E-state index contributed by atoms with van der Waals surface area (Å²) in [5, 5.41) is 1.15. The summed E-state index contributed by atoms with van der Waals surface area (Å²) in [6.07, 6.45) is 4.82. The molecule has 1 aliphatic rings. The average molecular weight is 318 g/mol. The molecule has 0 atom stereocenters. The Morgan fingerprint density at radius 2 is 2.09 bits per heavy atom.